The maximum Gasteiger partial charge on any atom is 0.231 e. The molecule has 0 saturated carbocycles. The summed E-state index contributed by atoms with van der Waals surface area (Å²) in [4.78, 5) is 13.3. The second-order valence-corrected chi connectivity index (χ2v) is 4.32. The Morgan fingerprint density at radius 3 is 2.71 bits per heavy atom. The Morgan fingerprint density at radius 2 is 1.88 bits per heavy atom. The van der Waals surface area contributed by atoms with Gasteiger partial charge in [0.15, 0.2) is 11.5 Å². The minimum absolute atomic E-state index is 0.303. The van der Waals surface area contributed by atoms with Crippen molar-refractivity contribution in [2.24, 2.45) is 0 Å². The molecule has 1 radical (unpaired) electrons. The third kappa shape index (κ3) is 2.26. The number of fused-ring (bicyclic) bond motifs is 1. The van der Waals surface area contributed by atoms with E-state index < -0.39 is 0 Å². The molecule has 4 heteroatoms. The Bertz CT molecular complexity index is 434. The number of piperidine rings is 1. The van der Waals surface area contributed by atoms with Crippen LogP contribution in [-0.2, 0) is 4.79 Å². The quantitative estimate of drug-likeness (QED) is 0.776. The zero-order valence-corrected chi connectivity index (χ0v) is 9.52. The fraction of sp³-hybridized carbons (Fsp3) is 0.385. The average Bonchev–Trinajstić information content (AvgIpc) is 2.79. The van der Waals surface area contributed by atoms with E-state index in [4.69, 9.17) is 9.47 Å². The van der Waals surface area contributed by atoms with Gasteiger partial charge in [-0.1, -0.05) is 6.07 Å². The van der Waals surface area contributed by atoms with E-state index in [1.165, 1.54) is 0 Å². The van der Waals surface area contributed by atoms with Gasteiger partial charge in [-0.15, -0.1) is 0 Å². The molecule has 0 amide bonds. The molecule has 2 heterocycles. The lowest BCUT2D eigenvalue weighted by Gasteiger charge is -2.25. The van der Waals surface area contributed by atoms with E-state index in [2.05, 4.69) is 11.4 Å². The first-order chi connectivity index (χ1) is 8.31. The Hall–Kier alpha value is -1.55. The summed E-state index contributed by atoms with van der Waals surface area (Å²) in [6.45, 7) is 4.01. The molecule has 17 heavy (non-hydrogen) atoms. The van der Waals surface area contributed by atoms with E-state index in [0.29, 0.717) is 25.4 Å². The van der Waals surface area contributed by atoms with Crippen LogP contribution >= 0.6 is 0 Å². The highest BCUT2D eigenvalue weighted by atomic mass is 16.7. The van der Waals surface area contributed by atoms with Gasteiger partial charge in [-0.3, -0.25) is 9.69 Å². The van der Waals surface area contributed by atoms with Gasteiger partial charge in [0.05, 0.1) is 6.54 Å². The minimum Gasteiger partial charge on any atom is -0.454 e. The van der Waals surface area contributed by atoms with Gasteiger partial charge in [0.1, 0.15) is 5.78 Å². The van der Waals surface area contributed by atoms with Crippen LogP contribution in [0.5, 0.6) is 11.5 Å². The third-order valence-electron chi connectivity index (χ3n) is 3.08. The van der Waals surface area contributed by atoms with Crippen molar-refractivity contribution < 1.29 is 14.3 Å². The fourth-order valence-corrected chi connectivity index (χ4v) is 2.11. The van der Waals surface area contributed by atoms with Crippen LogP contribution in [0.4, 0.5) is 0 Å². The lowest BCUT2D eigenvalue weighted by Crippen LogP contribution is -2.31. The number of nitrogens with zero attached hydrogens (tertiary/aromatic N) is 1. The third-order valence-corrected chi connectivity index (χ3v) is 3.08. The highest BCUT2D eigenvalue weighted by molar-refractivity contribution is 5.79. The zero-order chi connectivity index (χ0) is 11.7. The molecule has 0 bridgehead atoms. The lowest BCUT2D eigenvalue weighted by atomic mass is 10.1. The molecule has 0 N–H and O–H groups in total. The van der Waals surface area contributed by atoms with Gasteiger partial charge in [0, 0.05) is 25.9 Å². The molecule has 2 aliphatic heterocycles. The summed E-state index contributed by atoms with van der Waals surface area (Å²) in [5.74, 6) is 1.96. The number of likely N-dealkylation sites (tertiary alicyclic amines) is 1. The summed E-state index contributed by atoms with van der Waals surface area (Å²) in [6, 6.07) is 5.89. The maximum absolute atomic E-state index is 11.1. The number of hydrogen-bond acceptors (Lipinski definition) is 4. The van der Waals surface area contributed by atoms with Crippen LogP contribution in [0.25, 0.3) is 0 Å². The first-order valence-corrected chi connectivity index (χ1v) is 5.81. The molecule has 1 aromatic rings. The first-order valence-electron chi connectivity index (χ1n) is 5.81. The summed E-state index contributed by atoms with van der Waals surface area (Å²) in [7, 11) is 0. The first kappa shape index (κ1) is 10.6. The molecular weight excluding hydrogens is 218 g/mol. The van der Waals surface area contributed by atoms with E-state index in [1.807, 2.05) is 18.2 Å². The molecule has 0 atom stereocenters. The largest absolute Gasteiger partial charge is 0.454 e. The van der Waals surface area contributed by atoms with Gasteiger partial charge in [-0.25, -0.2) is 0 Å². The van der Waals surface area contributed by atoms with Crippen LogP contribution in [-0.4, -0.2) is 30.6 Å². The standard InChI is InChI=1S/C13H14NO3/c15-11-3-5-14(6-4-11)8-10-1-2-12-13(7-10)17-9-16-12/h1-2,7-8H,3-6,9H2. The van der Waals surface area contributed by atoms with E-state index in [9.17, 15) is 4.79 Å². The van der Waals surface area contributed by atoms with Gasteiger partial charge in [-0.05, 0) is 17.7 Å². The van der Waals surface area contributed by atoms with Crippen molar-refractivity contribution in [1.29, 1.82) is 0 Å². The van der Waals surface area contributed by atoms with E-state index in [0.717, 1.165) is 30.2 Å². The SMILES string of the molecule is O=C1CCN([CH]c2ccc3c(c2)OCO3)CC1. The molecule has 0 aliphatic carbocycles. The summed E-state index contributed by atoms with van der Waals surface area (Å²) < 4.78 is 10.6. The Labute approximate surface area is 100 Å². The van der Waals surface area contributed by atoms with Crippen molar-refractivity contribution in [3.8, 4) is 11.5 Å². The normalized spacial score (nSPS) is 19.6. The topological polar surface area (TPSA) is 38.8 Å². The van der Waals surface area contributed by atoms with Gasteiger partial charge < -0.3 is 9.47 Å². The van der Waals surface area contributed by atoms with Gasteiger partial charge in [-0.2, -0.15) is 0 Å². The van der Waals surface area contributed by atoms with Crippen LogP contribution < -0.4 is 9.47 Å². The highest BCUT2D eigenvalue weighted by Gasteiger charge is 2.18. The number of ether oxygens (including phenoxy) is 2. The lowest BCUT2D eigenvalue weighted by molar-refractivity contribution is -0.121. The summed E-state index contributed by atoms with van der Waals surface area (Å²) in [6.07, 6.45) is 1.31. The Morgan fingerprint density at radius 1 is 1.12 bits per heavy atom. The summed E-state index contributed by atoms with van der Waals surface area (Å²) in [5, 5.41) is 0. The van der Waals surface area contributed by atoms with Crippen LogP contribution in [0.15, 0.2) is 18.2 Å². The molecule has 0 aromatic heterocycles. The number of rotatable bonds is 2. The molecule has 3 rings (SSSR count). The van der Waals surface area contributed by atoms with Crippen LogP contribution in [0.1, 0.15) is 18.4 Å². The van der Waals surface area contributed by atoms with Crippen molar-refractivity contribution in [2.45, 2.75) is 12.8 Å². The number of carbonyl (C=O) groups excluding carboxylic acids is 1. The molecule has 1 saturated heterocycles. The molecule has 1 aromatic carbocycles. The number of carbonyl (C=O) groups is 1. The van der Waals surface area contributed by atoms with E-state index in [-0.39, 0.29) is 0 Å². The summed E-state index contributed by atoms with van der Waals surface area (Å²) >= 11 is 0. The average molecular weight is 232 g/mol. The second-order valence-electron chi connectivity index (χ2n) is 4.32. The highest BCUT2D eigenvalue weighted by Crippen LogP contribution is 2.33. The van der Waals surface area contributed by atoms with Gasteiger partial charge in [0.2, 0.25) is 6.79 Å². The van der Waals surface area contributed by atoms with Crippen LogP contribution in [0, 0.1) is 6.54 Å². The molecule has 2 aliphatic rings. The molecular formula is C13H14NO3. The van der Waals surface area contributed by atoms with Gasteiger partial charge >= 0.3 is 0 Å². The maximum atomic E-state index is 11.1. The number of hydrogen-bond donors (Lipinski definition) is 0. The molecule has 1 fully saturated rings. The predicted octanol–water partition coefficient (Wildman–Crippen LogP) is 1.59. The fourth-order valence-electron chi connectivity index (χ4n) is 2.11. The number of Topliss-reactive ketones (excluding diaryl/α,β-unsaturated/α-hetero) is 1. The van der Waals surface area contributed by atoms with Crippen LogP contribution in [0.2, 0.25) is 0 Å². The van der Waals surface area contributed by atoms with Crippen molar-refractivity contribution in [3.63, 3.8) is 0 Å². The molecule has 89 valence electrons. The van der Waals surface area contributed by atoms with E-state index >= 15 is 0 Å². The van der Waals surface area contributed by atoms with Crippen molar-refractivity contribution >= 4 is 5.78 Å². The van der Waals surface area contributed by atoms with Crippen molar-refractivity contribution in [2.75, 3.05) is 19.9 Å². The zero-order valence-electron chi connectivity index (χ0n) is 9.52. The van der Waals surface area contributed by atoms with Crippen molar-refractivity contribution in [3.05, 3.63) is 30.3 Å². The molecule has 0 spiro atoms. The monoisotopic (exact) mass is 232 g/mol. The number of benzene rings is 1. The Balaban J connectivity index is 1.67. The smallest absolute Gasteiger partial charge is 0.231 e. The molecule has 4 nitrogen and oxygen atoms in total. The van der Waals surface area contributed by atoms with Gasteiger partial charge in [0.25, 0.3) is 0 Å². The van der Waals surface area contributed by atoms with Crippen molar-refractivity contribution in [1.82, 2.24) is 4.90 Å². The number of ketones is 1. The minimum atomic E-state index is 0.303. The Kier molecular flexibility index (Phi) is 2.73. The second kappa shape index (κ2) is 4.37. The predicted molar refractivity (Wildman–Crippen MR) is 61.8 cm³/mol. The van der Waals surface area contributed by atoms with Crippen LogP contribution in [0.3, 0.4) is 0 Å². The summed E-state index contributed by atoms with van der Waals surface area (Å²) in [5.41, 5.74) is 1.09. The molecule has 0 unspecified atom stereocenters. The van der Waals surface area contributed by atoms with E-state index in [1.54, 1.807) is 0 Å².